The van der Waals surface area contributed by atoms with E-state index < -0.39 is 0 Å². The molecule has 3 unspecified atom stereocenters. The molecule has 4 rings (SSSR count). The summed E-state index contributed by atoms with van der Waals surface area (Å²) in [7, 11) is 0. The fourth-order valence-electron chi connectivity index (χ4n) is 4.44. The molecule has 3 heterocycles. The fourth-order valence-corrected chi connectivity index (χ4v) is 4.44. The molecule has 2 aromatic rings. The molecule has 1 aliphatic heterocycles. The summed E-state index contributed by atoms with van der Waals surface area (Å²) in [5.74, 6) is 2.35. The molecule has 1 saturated carbocycles. The van der Waals surface area contributed by atoms with Crippen molar-refractivity contribution in [3.8, 4) is 0 Å². The number of aryl methyl sites for hydroxylation is 2. The van der Waals surface area contributed by atoms with E-state index in [0.717, 1.165) is 30.7 Å². The average Bonchev–Trinajstić information content (AvgIpc) is 3.38. The van der Waals surface area contributed by atoms with Gasteiger partial charge in [-0.2, -0.15) is 0 Å². The number of anilines is 1. The number of amides is 2. The second-order valence-electron chi connectivity index (χ2n) is 7.88. The maximum Gasteiger partial charge on any atom is 0.287 e. The second kappa shape index (κ2) is 7.66. The highest BCUT2D eigenvalue weighted by Gasteiger charge is 2.44. The molecule has 7 nitrogen and oxygen atoms in total. The topological polar surface area (TPSA) is 101 Å². The SMILES string of the molecule is Cc1ccc(C(=O)NC2CCC3CN(C(=O)CCc4ccc(N)nc4)CC32)o1. The van der Waals surface area contributed by atoms with Crippen LogP contribution in [0.2, 0.25) is 0 Å². The number of rotatable bonds is 5. The molecule has 3 N–H and O–H groups in total. The third-order valence-corrected chi connectivity index (χ3v) is 5.97. The van der Waals surface area contributed by atoms with Gasteiger partial charge in [0.25, 0.3) is 5.91 Å². The van der Waals surface area contributed by atoms with Gasteiger partial charge in [0.1, 0.15) is 11.6 Å². The lowest BCUT2D eigenvalue weighted by Crippen LogP contribution is -2.40. The predicted molar refractivity (Wildman–Crippen MR) is 104 cm³/mol. The van der Waals surface area contributed by atoms with Crippen LogP contribution in [-0.2, 0) is 11.2 Å². The van der Waals surface area contributed by atoms with Crippen LogP contribution < -0.4 is 11.1 Å². The number of nitrogens with zero attached hydrogens (tertiary/aromatic N) is 2. The zero-order chi connectivity index (χ0) is 19.7. The Morgan fingerprint density at radius 3 is 2.82 bits per heavy atom. The standard InChI is InChI=1S/C21H26N4O3/c1-13-2-7-18(28-13)21(27)24-17-6-5-15-11-25(12-16(15)17)20(26)9-4-14-3-8-19(22)23-10-14/h2-3,7-8,10,15-17H,4-6,9,11-12H2,1H3,(H2,22,23)(H,24,27). The average molecular weight is 382 g/mol. The summed E-state index contributed by atoms with van der Waals surface area (Å²) in [4.78, 5) is 31.1. The molecular weight excluding hydrogens is 356 g/mol. The summed E-state index contributed by atoms with van der Waals surface area (Å²) in [6, 6.07) is 7.26. The van der Waals surface area contributed by atoms with Gasteiger partial charge in [0.05, 0.1) is 0 Å². The molecule has 0 radical (unpaired) electrons. The van der Waals surface area contributed by atoms with Crippen molar-refractivity contribution >= 4 is 17.6 Å². The highest BCUT2D eigenvalue weighted by atomic mass is 16.3. The fraction of sp³-hybridized carbons (Fsp3) is 0.476. The molecular formula is C21H26N4O3. The first kappa shape index (κ1) is 18.5. The Kier molecular flexibility index (Phi) is 5.07. The number of pyridine rings is 1. The molecule has 0 aromatic carbocycles. The molecule has 1 saturated heterocycles. The maximum atomic E-state index is 12.6. The van der Waals surface area contributed by atoms with E-state index in [1.54, 1.807) is 24.4 Å². The van der Waals surface area contributed by atoms with E-state index in [0.29, 0.717) is 42.8 Å². The van der Waals surface area contributed by atoms with Crippen molar-refractivity contribution in [1.29, 1.82) is 0 Å². The summed E-state index contributed by atoms with van der Waals surface area (Å²) in [6.45, 7) is 3.32. The van der Waals surface area contributed by atoms with Crippen molar-refractivity contribution in [2.24, 2.45) is 11.8 Å². The lowest BCUT2D eigenvalue weighted by atomic mass is 9.98. The number of nitrogen functional groups attached to an aromatic ring is 1. The van der Waals surface area contributed by atoms with E-state index in [-0.39, 0.29) is 17.9 Å². The highest BCUT2D eigenvalue weighted by molar-refractivity contribution is 5.91. The Hall–Kier alpha value is -2.83. The third-order valence-electron chi connectivity index (χ3n) is 5.97. The lowest BCUT2D eigenvalue weighted by molar-refractivity contribution is -0.130. The molecule has 2 aromatic heterocycles. The first-order valence-corrected chi connectivity index (χ1v) is 9.85. The van der Waals surface area contributed by atoms with Gasteiger partial charge in [0.15, 0.2) is 5.76 Å². The van der Waals surface area contributed by atoms with E-state index in [1.807, 2.05) is 17.9 Å². The number of hydrogen-bond acceptors (Lipinski definition) is 5. The second-order valence-corrected chi connectivity index (χ2v) is 7.88. The van der Waals surface area contributed by atoms with Crippen LogP contribution in [0.3, 0.4) is 0 Å². The number of hydrogen-bond donors (Lipinski definition) is 2. The molecule has 148 valence electrons. The van der Waals surface area contributed by atoms with Crippen molar-refractivity contribution in [3.63, 3.8) is 0 Å². The number of nitrogens with one attached hydrogen (secondary N) is 1. The van der Waals surface area contributed by atoms with Gasteiger partial charge in [0, 0.05) is 37.7 Å². The Labute approximate surface area is 164 Å². The molecule has 0 bridgehead atoms. The summed E-state index contributed by atoms with van der Waals surface area (Å²) in [5.41, 5.74) is 6.61. The van der Waals surface area contributed by atoms with Gasteiger partial charge in [-0.05, 0) is 55.9 Å². The molecule has 2 aliphatic rings. The number of carbonyl (C=O) groups excluding carboxylic acids is 2. The van der Waals surface area contributed by atoms with Crippen LogP contribution in [0.5, 0.6) is 0 Å². The highest BCUT2D eigenvalue weighted by Crippen LogP contribution is 2.38. The molecule has 2 fully saturated rings. The summed E-state index contributed by atoms with van der Waals surface area (Å²) < 4.78 is 5.42. The van der Waals surface area contributed by atoms with E-state index in [4.69, 9.17) is 10.2 Å². The van der Waals surface area contributed by atoms with Gasteiger partial charge in [-0.15, -0.1) is 0 Å². The van der Waals surface area contributed by atoms with Gasteiger partial charge in [-0.25, -0.2) is 4.98 Å². The normalized spacial score (nSPS) is 23.6. The smallest absolute Gasteiger partial charge is 0.287 e. The van der Waals surface area contributed by atoms with Crippen molar-refractivity contribution < 1.29 is 14.0 Å². The molecule has 2 amide bonds. The van der Waals surface area contributed by atoms with Crippen LogP contribution >= 0.6 is 0 Å². The zero-order valence-electron chi connectivity index (χ0n) is 16.1. The number of furan rings is 1. The minimum Gasteiger partial charge on any atom is -0.456 e. The van der Waals surface area contributed by atoms with E-state index in [2.05, 4.69) is 10.3 Å². The molecule has 28 heavy (non-hydrogen) atoms. The molecule has 0 spiro atoms. The number of carbonyl (C=O) groups is 2. The van der Waals surface area contributed by atoms with Crippen LogP contribution in [0.1, 0.15) is 41.1 Å². The first-order chi connectivity index (χ1) is 13.5. The van der Waals surface area contributed by atoms with Gasteiger partial charge in [0.2, 0.25) is 5.91 Å². The number of nitrogens with two attached hydrogens (primary N) is 1. The van der Waals surface area contributed by atoms with Gasteiger partial charge >= 0.3 is 0 Å². The predicted octanol–water partition coefficient (Wildman–Crippen LogP) is 2.16. The zero-order valence-corrected chi connectivity index (χ0v) is 16.1. The Morgan fingerprint density at radius 2 is 2.11 bits per heavy atom. The summed E-state index contributed by atoms with van der Waals surface area (Å²) in [6.07, 6.45) is 4.85. The van der Waals surface area contributed by atoms with Crippen LogP contribution in [0.15, 0.2) is 34.9 Å². The van der Waals surface area contributed by atoms with Crippen LogP contribution in [0, 0.1) is 18.8 Å². The molecule has 3 atom stereocenters. The van der Waals surface area contributed by atoms with Crippen LogP contribution in [0.4, 0.5) is 5.82 Å². The Morgan fingerprint density at radius 1 is 1.25 bits per heavy atom. The number of aromatic nitrogens is 1. The van der Waals surface area contributed by atoms with Gasteiger partial charge in [-0.3, -0.25) is 9.59 Å². The van der Waals surface area contributed by atoms with Gasteiger partial charge in [-0.1, -0.05) is 6.07 Å². The number of fused-ring (bicyclic) bond motifs is 1. The minimum absolute atomic E-state index is 0.0991. The van der Waals surface area contributed by atoms with E-state index in [9.17, 15) is 9.59 Å². The van der Waals surface area contributed by atoms with Crippen molar-refractivity contribution in [1.82, 2.24) is 15.2 Å². The number of likely N-dealkylation sites (tertiary alicyclic amines) is 1. The van der Waals surface area contributed by atoms with Crippen molar-refractivity contribution in [2.75, 3.05) is 18.8 Å². The lowest BCUT2D eigenvalue weighted by Gasteiger charge is -2.21. The van der Waals surface area contributed by atoms with Crippen LogP contribution in [-0.4, -0.2) is 40.8 Å². The van der Waals surface area contributed by atoms with Crippen molar-refractivity contribution in [2.45, 2.75) is 38.6 Å². The monoisotopic (exact) mass is 382 g/mol. The quantitative estimate of drug-likeness (QED) is 0.825. The Bertz CT molecular complexity index is 861. The first-order valence-electron chi connectivity index (χ1n) is 9.85. The molecule has 1 aliphatic carbocycles. The Balaban J connectivity index is 1.30. The van der Waals surface area contributed by atoms with Gasteiger partial charge < -0.3 is 20.4 Å². The summed E-state index contributed by atoms with van der Waals surface area (Å²) >= 11 is 0. The summed E-state index contributed by atoms with van der Waals surface area (Å²) in [5, 5.41) is 3.11. The van der Waals surface area contributed by atoms with E-state index in [1.165, 1.54) is 0 Å². The van der Waals surface area contributed by atoms with E-state index >= 15 is 0 Å². The van der Waals surface area contributed by atoms with Crippen molar-refractivity contribution in [3.05, 3.63) is 47.5 Å². The third kappa shape index (κ3) is 3.88. The maximum absolute atomic E-state index is 12.6. The molecule has 7 heteroatoms. The van der Waals surface area contributed by atoms with Crippen LogP contribution in [0.25, 0.3) is 0 Å². The largest absolute Gasteiger partial charge is 0.456 e. The minimum atomic E-state index is -0.167.